The van der Waals surface area contributed by atoms with Crippen LogP contribution in [0.2, 0.25) is 0 Å². The Labute approximate surface area is 140 Å². The molecular weight excluding hydrogens is 398 g/mol. The van der Waals surface area contributed by atoms with Crippen LogP contribution in [0.1, 0.15) is 38.4 Å². The maximum atomic E-state index is 6.52. The summed E-state index contributed by atoms with van der Waals surface area (Å²) >= 11 is 6.96. The van der Waals surface area contributed by atoms with Gasteiger partial charge in [-0.1, -0.05) is 40.9 Å². The van der Waals surface area contributed by atoms with Crippen molar-refractivity contribution in [3.05, 3.63) is 33.0 Å². The third-order valence-electron chi connectivity index (χ3n) is 4.07. The summed E-state index contributed by atoms with van der Waals surface area (Å²) in [5.41, 5.74) is 6.94. The number of halogens is 2. The number of rotatable bonds is 2. The number of aromatic nitrogens is 2. The van der Waals surface area contributed by atoms with Gasteiger partial charge in [-0.2, -0.15) is 4.98 Å². The summed E-state index contributed by atoms with van der Waals surface area (Å²) in [5, 5.41) is 4.14. The summed E-state index contributed by atoms with van der Waals surface area (Å²) in [4.78, 5) is 4.55. The third-order valence-corrected chi connectivity index (χ3v) is 5.21. The maximum absolute atomic E-state index is 6.52. The van der Waals surface area contributed by atoms with E-state index < -0.39 is 5.54 Å². The van der Waals surface area contributed by atoms with Crippen molar-refractivity contribution in [2.24, 2.45) is 11.7 Å². The van der Waals surface area contributed by atoms with E-state index in [9.17, 15) is 0 Å². The minimum atomic E-state index is -0.457. The summed E-state index contributed by atoms with van der Waals surface area (Å²) in [6.07, 6.45) is 4.16. The van der Waals surface area contributed by atoms with Gasteiger partial charge in [-0.15, -0.1) is 0 Å². The van der Waals surface area contributed by atoms with E-state index in [1.54, 1.807) is 0 Å². The van der Waals surface area contributed by atoms with Crippen molar-refractivity contribution < 1.29 is 4.52 Å². The van der Waals surface area contributed by atoms with Crippen LogP contribution in [-0.2, 0) is 5.54 Å². The zero-order valence-electron chi connectivity index (χ0n) is 11.8. The minimum Gasteiger partial charge on any atom is -0.334 e. The highest BCUT2D eigenvalue weighted by Gasteiger charge is 2.37. The summed E-state index contributed by atoms with van der Waals surface area (Å²) in [5.74, 6) is 1.73. The van der Waals surface area contributed by atoms with Crippen LogP contribution in [0, 0.1) is 5.92 Å². The molecule has 6 heteroatoms. The van der Waals surface area contributed by atoms with Gasteiger partial charge in [0.25, 0.3) is 5.89 Å². The molecule has 2 unspecified atom stereocenters. The Hall–Kier alpha value is -0.720. The molecule has 1 aliphatic rings. The fourth-order valence-electron chi connectivity index (χ4n) is 2.99. The Kier molecular flexibility index (Phi) is 4.21. The smallest absolute Gasteiger partial charge is 0.259 e. The van der Waals surface area contributed by atoms with E-state index in [-0.39, 0.29) is 0 Å². The lowest BCUT2D eigenvalue weighted by Gasteiger charge is -2.33. The van der Waals surface area contributed by atoms with Crippen LogP contribution in [0.25, 0.3) is 11.5 Å². The molecule has 4 nitrogen and oxygen atoms in total. The second-order valence-electron chi connectivity index (χ2n) is 5.90. The summed E-state index contributed by atoms with van der Waals surface area (Å²) in [7, 11) is 0. The predicted octanol–water partition coefficient (Wildman–Crippen LogP) is 4.63. The van der Waals surface area contributed by atoms with Gasteiger partial charge >= 0.3 is 0 Å². The molecule has 2 aromatic rings. The van der Waals surface area contributed by atoms with Crippen LogP contribution in [0.4, 0.5) is 0 Å². The Morgan fingerprint density at radius 3 is 2.90 bits per heavy atom. The van der Waals surface area contributed by atoms with Crippen molar-refractivity contribution in [2.45, 2.75) is 38.1 Å². The molecule has 1 aromatic carbocycles. The molecule has 1 heterocycles. The van der Waals surface area contributed by atoms with E-state index in [1.165, 1.54) is 6.42 Å². The van der Waals surface area contributed by atoms with Crippen molar-refractivity contribution in [1.82, 2.24) is 10.1 Å². The molecule has 1 fully saturated rings. The van der Waals surface area contributed by atoms with Crippen molar-refractivity contribution in [3.63, 3.8) is 0 Å². The molecule has 0 amide bonds. The standard InChI is InChI=1S/C15H17Br2N3O/c1-9-3-2-6-15(18,8-9)14-19-13(21-20-14)11-5-4-10(16)7-12(11)17/h4-5,7,9H,2-3,6,8,18H2,1H3. The van der Waals surface area contributed by atoms with Gasteiger partial charge in [0, 0.05) is 8.95 Å². The number of nitrogens with two attached hydrogens (primary N) is 1. The van der Waals surface area contributed by atoms with E-state index >= 15 is 0 Å². The summed E-state index contributed by atoms with van der Waals surface area (Å²) in [6.45, 7) is 2.23. The van der Waals surface area contributed by atoms with Crippen molar-refractivity contribution in [1.29, 1.82) is 0 Å². The second-order valence-corrected chi connectivity index (χ2v) is 7.67. The van der Waals surface area contributed by atoms with E-state index in [2.05, 4.69) is 48.9 Å². The first kappa shape index (κ1) is 15.2. The minimum absolute atomic E-state index is 0.457. The average Bonchev–Trinajstić information content (AvgIpc) is 2.88. The lowest BCUT2D eigenvalue weighted by molar-refractivity contribution is 0.222. The quantitative estimate of drug-likeness (QED) is 0.778. The van der Waals surface area contributed by atoms with E-state index in [0.717, 1.165) is 33.8 Å². The molecule has 1 aromatic heterocycles. The SMILES string of the molecule is CC1CCCC(N)(c2noc(-c3ccc(Br)cc3Br)n2)C1. The van der Waals surface area contributed by atoms with Gasteiger partial charge in [0.15, 0.2) is 5.82 Å². The number of nitrogens with zero attached hydrogens (tertiary/aromatic N) is 2. The Morgan fingerprint density at radius 2 is 2.19 bits per heavy atom. The zero-order chi connectivity index (χ0) is 15.0. The molecule has 0 saturated heterocycles. The van der Waals surface area contributed by atoms with E-state index in [1.807, 2.05) is 18.2 Å². The van der Waals surface area contributed by atoms with Crippen LogP contribution in [-0.4, -0.2) is 10.1 Å². The van der Waals surface area contributed by atoms with Crippen molar-refractivity contribution in [2.75, 3.05) is 0 Å². The highest BCUT2D eigenvalue weighted by molar-refractivity contribution is 9.11. The average molecular weight is 415 g/mol. The maximum Gasteiger partial charge on any atom is 0.259 e. The first-order chi connectivity index (χ1) is 9.98. The molecule has 2 N–H and O–H groups in total. The topological polar surface area (TPSA) is 64.9 Å². The van der Waals surface area contributed by atoms with Gasteiger partial charge in [-0.25, -0.2) is 0 Å². The largest absolute Gasteiger partial charge is 0.334 e. The molecule has 21 heavy (non-hydrogen) atoms. The molecule has 1 saturated carbocycles. The summed E-state index contributed by atoms with van der Waals surface area (Å²) in [6, 6.07) is 5.85. The highest BCUT2D eigenvalue weighted by Crippen LogP contribution is 2.38. The van der Waals surface area contributed by atoms with Gasteiger partial charge in [0.05, 0.1) is 11.1 Å². The monoisotopic (exact) mass is 413 g/mol. The van der Waals surface area contributed by atoms with Crippen LogP contribution < -0.4 is 5.73 Å². The van der Waals surface area contributed by atoms with Crippen molar-refractivity contribution in [3.8, 4) is 11.5 Å². The summed E-state index contributed by atoms with van der Waals surface area (Å²) < 4.78 is 7.35. The highest BCUT2D eigenvalue weighted by atomic mass is 79.9. The second kappa shape index (κ2) is 5.82. The van der Waals surface area contributed by atoms with Crippen LogP contribution in [0.15, 0.2) is 31.7 Å². The van der Waals surface area contributed by atoms with Gasteiger partial charge in [0.1, 0.15) is 0 Å². The normalized spacial score (nSPS) is 26.0. The van der Waals surface area contributed by atoms with Gasteiger partial charge in [-0.05, 0) is 52.9 Å². The van der Waals surface area contributed by atoms with E-state index in [4.69, 9.17) is 10.3 Å². The van der Waals surface area contributed by atoms with Gasteiger partial charge < -0.3 is 10.3 Å². The predicted molar refractivity (Wildman–Crippen MR) is 88.6 cm³/mol. The Morgan fingerprint density at radius 1 is 1.38 bits per heavy atom. The Balaban J connectivity index is 1.92. The molecule has 112 valence electrons. The van der Waals surface area contributed by atoms with Gasteiger partial charge in [-0.3, -0.25) is 0 Å². The fraction of sp³-hybridized carbons (Fsp3) is 0.467. The molecule has 2 atom stereocenters. The van der Waals surface area contributed by atoms with Crippen LogP contribution >= 0.6 is 31.9 Å². The van der Waals surface area contributed by atoms with Crippen molar-refractivity contribution >= 4 is 31.9 Å². The fourth-order valence-corrected chi connectivity index (χ4v) is 4.21. The molecule has 3 rings (SSSR count). The molecule has 0 aliphatic heterocycles. The number of benzene rings is 1. The zero-order valence-corrected chi connectivity index (χ0v) is 14.9. The first-order valence-corrected chi connectivity index (χ1v) is 8.65. The molecule has 0 spiro atoms. The molecular formula is C15H17Br2N3O. The van der Waals surface area contributed by atoms with Gasteiger partial charge in [0.2, 0.25) is 0 Å². The van der Waals surface area contributed by atoms with Crippen LogP contribution in [0.3, 0.4) is 0 Å². The Bertz CT molecular complexity index is 658. The van der Waals surface area contributed by atoms with Crippen LogP contribution in [0.5, 0.6) is 0 Å². The molecule has 1 aliphatic carbocycles. The lowest BCUT2D eigenvalue weighted by Crippen LogP contribution is -2.42. The molecule has 0 bridgehead atoms. The first-order valence-electron chi connectivity index (χ1n) is 7.06. The lowest BCUT2D eigenvalue weighted by atomic mass is 9.76. The third kappa shape index (κ3) is 3.07. The number of hydrogen-bond donors (Lipinski definition) is 1. The molecule has 0 radical (unpaired) electrons. The number of hydrogen-bond acceptors (Lipinski definition) is 4. The van der Waals surface area contributed by atoms with E-state index in [0.29, 0.717) is 17.6 Å².